The molecule has 0 radical (unpaired) electrons. The van der Waals surface area contributed by atoms with E-state index in [9.17, 15) is 9.59 Å². The summed E-state index contributed by atoms with van der Waals surface area (Å²) in [4.78, 5) is 33.0. The third kappa shape index (κ3) is 4.64. The van der Waals surface area contributed by atoms with E-state index >= 15 is 0 Å². The number of benzene rings is 2. The fourth-order valence-electron chi connectivity index (χ4n) is 3.89. The lowest BCUT2D eigenvalue weighted by Gasteiger charge is -2.12. The molecule has 2 aromatic carbocycles. The fourth-order valence-corrected chi connectivity index (χ4v) is 4.66. The Morgan fingerprint density at radius 3 is 2.00 bits per heavy atom. The van der Waals surface area contributed by atoms with Crippen LogP contribution in [0.15, 0.2) is 65.8 Å². The van der Waals surface area contributed by atoms with Crippen molar-refractivity contribution in [1.29, 1.82) is 0 Å². The molecule has 166 valence electrons. The maximum absolute atomic E-state index is 13.2. The molecule has 0 aliphatic carbocycles. The summed E-state index contributed by atoms with van der Waals surface area (Å²) in [5.41, 5.74) is 5.66. The van der Waals surface area contributed by atoms with E-state index in [1.54, 1.807) is 13.8 Å². The van der Waals surface area contributed by atoms with Gasteiger partial charge in [0.2, 0.25) is 5.16 Å². The van der Waals surface area contributed by atoms with Crippen LogP contribution in [0.1, 0.15) is 46.0 Å². The summed E-state index contributed by atoms with van der Waals surface area (Å²) in [5, 5.41) is 8.74. The number of aryl methyl sites for hydroxylation is 1. The molecule has 0 unspecified atom stereocenters. The number of aromatic amines is 1. The van der Waals surface area contributed by atoms with Crippen molar-refractivity contribution in [1.82, 2.24) is 20.2 Å². The molecule has 0 fully saturated rings. The SMILES string of the molecule is CC(=O)c1c(C)[nH]c(C(=O)[C@@H](C)Sc2nnc(-c3ccccc3)c(-c3ccccc3)n2)c1C. The number of rotatable bonds is 7. The van der Waals surface area contributed by atoms with E-state index in [-0.39, 0.29) is 11.6 Å². The maximum Gasteiger partial charge on any atom is 0.210 e. The monoisotopic (exact) mass is 456 g/mol. The van der Waals surface area contributed by atoms with Crippen LogP contribution in [-0.4, -0.2) is 37.0 Å². The van der Waals surface area contributed by atoms with Crippen LogP contribution in [0, 0.1) is 13.8 Å². The van der Waals surface area contributed by atoms with Gasteiger partial charge in [-0.3, -0.25) is 9.59 Å². The molecule has 1 N–H and O–H groups in total. The standard InChI is InChI=1S/C26H24N4O2S/c1-15-21(17(3)31)16(2)27-22(15)25(32)18(4)33-26-28-23(19-11-7-5-8-12-19)24(29-30-26)20-13-9-6-10-14-20/h5-14,18,27H,1-4H3/t18-/m1/s1. The number of H-pyrrole nitrogens is 1. The number of hydrogen-bond acceptors (Lipinski definition) is 6. The van der Waals surface area contributed by atoms with E-state index < -0.39 is 5.25 Å². The molecule has 0 aliphatic heterocycles. The first kappa shape index (κ1) is 22.6. The Bertz CT molecular complexity index is 1320. The van der Waals surface area contributed by atoms with Gasteiger partial charge in [-0.05, 0) is 33.3 Å². The first-order valence-electron chi connectivity index (χ1n) is 10.6. The number of carbonyl (C=O) groups excluding carboxylic acids is 2. The zero-order valence-electron chi connectivity index (χ0n) is 18.9. The molecule has 33 heavy (non-hydrogen) atoms. The summed E-state index contributed by atoms with van der Waals surface area (Å²) in [6.45, 7) is 6.92. The van der Waals surface area contributed by atoms with Crippen LogP contribution < -0.4 is 0 Å². The minimum atomic E-state index is -0.463. The van der Waals surface area contributed by atoms with Crippen LogP contribution in [0.4, 0.5) is 0 Å². The van der Waals surface area contributed by atoms with Crippen molar-refractivity contribution < 1.29 is 9.59 Å². The lowest BCUT2D eigenvalue weighted by atomic mass is 10.0. The number of nitrogens with one attached hydrogen (secondary N) is 1. The van der Waals surface area contributed by atoms with Crippen molar-refractivity contribution in [3.8, 4) is 22.5 Å². The summed E-state index contributed by atoms with van der Waals surface area (Å²) in [6, 6.07) is 19.6. The lowest BCUT2D eigenvalue weighted by molar-refractivity contribution is 0.0988. The van der Waals surface area contributed by atoms with Crippen molar-refractivity contribution in [2.45, 2.75) is 38.1 Å². The highest BCUT2D eigenvalue weighted by molar-refractivity contribution is 8.00. The quantitative estimate of drug-likeness (QED) is 0.283. The van der Waals surface area contributed by atoms with Gasteiger partial charge < -0.3 is 4.98 Å². The molecule has 1 atom stereocenters. The molecule has 0 spiro atoms. The zero-order valence-corrected chi connectivity index (χ0v) is 19.7. The van der Waals surface area contributed by atoms with E-state index in [2.05, 4.69) is 15.2 Å². The number of carbonyl (C=O) groups is 2. The molecular formula is C26H24N4O2S. The fraction of sp³-hybridized carbons (Fsp3) is 0.192. The molecule has 6 nitrogen and oxygen atoms in total. The molecule has 2 aromatic heterocycles. The molecule has 4 rings (SSSR count). The zero-order chi connectivity index (χ0) is 23.5. The Balaban J connectivity index is 1.67. The minimum Gasteiger partial charge on any atom is -0.355 e. The first-order chi connectivity index (χ1) is 15.9. The second-order valence-corrected chi connectivity index (χ2v) is 9.14. The van der Waals surface area contributed by atoms with Gasteiger partial charge in [0.25, 0.3) is 0 Å². The first-order valence-corrected chi connectivity index (χ1v) is 11.5. The van der Waals surface area contributed by atoms with Crippen LogP contribution in [0.5, 0.6) is 0 Å². The highest BCUT2D eigenvalue weighted by Gasteiger charge is 2.25. The van der Waals surface area contributed by atoms with Gasteiger partial charge in [0.05, 0.1) is 10.9 Å². The number of aromatic nitrogens is 4. The second-order valence-electron chi connectivity index (χ2n) is 7.83. The Labute approximate surface area is 196 Å². The number of thioether (sulfide) groups is 1. The molecule has 7 heteroatoms. The Hall–Kier alpha value is -3.58. The highest BCUT2D eigenvalue weighted by Crippen LogP contribution is 2.31. The molecule has 4 aromatic rings. The maximum atomic E-state index is 13.2. The average molecular weight is 457 g/mol. The van der Waals surface area contributed by atoms with Crippen LogP contribution in [0.3, 0.4) is 0 Å². The van der Waals surface area contributed by atoms with Crippen molar-refractivity contribution in [3.63, 3.8) is 0 Å². The molecule has 0 amide bonds. The predicted octanol–water partition coefficient (Wildman–Crippen LogP) is 5.72. The Morgan fingerprint density at radius 1 is 0.879 bits per heavy atom. The number of ketones is 2. The number of Topliss-reactive ketones (excluding diaryl/α,β-unsaturated/α-hetero) is 2. The van der Waals surface area contributed by atoms with Crippen molar-refractivity contribution in [2.24, 2.45) is 0 Å². The van der Waals surface area contributed by atoms with Crippen LogP contribution in [0.2, 0.25) is 0 Å². The van der Waals surface area contributed by atoms with Crippen molar-refractivity contribution in [3.05, 3.63) is 83.2 Å². The van der Waals surface area contributed by atoms with Gasteiger partial charge in [-0.2, -0.15) is 0 Å². The molecule has 0 bridgehead atoms. The molecular weight excluding hydrogens is 432 g/mol. The summed E-state index contributed by atoms with van der Waals surface area (Å²) < 4.78 is 0. The van der Waals surface area contributed by atoms with Gasteiger partial charge in [0.15, 0.2) is 11.6 Å². The van der Waals surface area contributed by atoms with E-state index in [1.165, 1.54) is 18.7 Å². The van der Waals surface area contributed by atoms with Gasteiger partial charge in [0, 0.05) is 22.4 Å². The smallest absolute Gasteiger partial charge is 0.210 e. The summed E-state index contributed by atoms with van der Waals surface area (Å²) >= 11 is 1.25. The van der Waals surface area contributed by atoms with Gasteiger partial charge in [-0.25, -0.2) is 4.98 Å². The van der Waals surface area contributed by atoms with Crippen LogP contribution in [-0.2, 0) is 0 Å². The molecule has 0 saturated heterocycles. The van der Waals surface area contributed by atoms with Crippen molar-refractivity contribution >= 4 is 23.3 Å². The van der Waals surface area contributed by atoms with Gasteiger partial charge in [0.1, 0.15) is 11.4 Å². The van der Waals surface area contributed by atoms with Gasteiger partial charge >= 0.3 is 0 Å². The summed E-state index contributed by atoms with van der Waals surface area (Å²) in [7, 11) is 0. The second kappa shape index (κ2) is 9.50. The summed E-state index contributed by atoms with van der Waals surface area (Å²) in [6.07, 6.45) is 0. The van der Waals surface area contributed by atoms with Gasteiger partial charge in [-0.15, -0.1) is 10.2 Å². The topological polar surface area (TPSA) is 88.6 Å². The van der Waals surface area contributed by atoms with E-state index in [0.717, 1.165) is 11.1 Å². The normalized spacial score (nSPS) is 11.9. The van der Waals surface area contributed by atoms with E-state index in [0.29, 0.717) is 39.1 Å². The van der Waals surface area contributed by atoms with E-state index in [1.807, 2.05) is 67.6 Å². The predicted molar refractivity (Wildman–Crippen MR) is 131 cm³/mol. The third-order valence-electron chi connectivity index (χ3n) is 5.45. The molecule has 0 saturated carbocycles. The highest BCUT2D eigenvalue weighted by atomic mass is 32.2. The third-order valence-corrected chi connectivity index (χ3v) is 6.40. The average Bonchev–Trinajstić information content (AvgIpc) is 3.13. The minimum absolute atomic E-state index is 0.0582. The van der Waals surface area contributed by atoms with Crippen LogP contribution in [0.25, 0.3) is 22.5 Å². The number of nitrogens with zero attached hydrogens (tertiary/aromatic N) is 3. The summed E-state index contributed by atoms with van der Waals surface area (Å²) in [5.74, 6) is -0.165. The van der Waals surface area contributed by atoms with E-state index in [4.69, 9.17) is 4.98 Å². The van der Waals surface area contributed by atoms with Gasteiger partial charge in [-0.1, -0.05) is 72.4 Å². The lowest BCUT2D eigenvalue weighted by Crippen LogP contribution is -2.16. The molecule has 0 aliphatic rings. The Kier molecular flexibility index (Phi) is 6.51. The Morgan fingerprint density at radius 2 is 1.45 bits per heavy atom. The number of hydrogen-bond donors (Lipinski definition) is 1. The van der Waals surface area contributed by atoms with Crippen molar-refractivity contribution in [2.75, 3.05) is 0 Å². The van der Waals surface area contributed by atoms with Crippen LogP contribution >= 0.6 is 11.8 Å². The largest absolute Gasteiger partial charge is 0.355 e. The molecule has 2 heterocycles.